The molecule has 1 saturated carbocycles. The minimum absolute atomic E-state index is 0.0304. The van der Waals surface area contributed by atoms with E-state index in [2.05, 4.69) is 36.8 Å². The first kappa shape index (κ1) is 24.3. The van der Waals surface area contributed by atoms with Crippen molar-refractivity contribution in [1.82, 2.24) is 15.1 Å². The number of carbonyl (C=O) groups is 1. The highest BCUT2D eigenvalue weighted by Crippen LogP contribution is 2.49. The lowest BCUT2D eigenvalue weighted by molar-refractivity contribution is 0.0959. The zero-order valence-electron chi connectivity index (χ0n) is 20.2. The number of fused-ring (bicyclic) bond motifs is 1. The second-order valence-corrected chi connectivity index (χ2v) is 11.1. The monoisotopic (exact) mass is 513 g/mol. The third kappa shape index (κ3) is 4.49. The van der Waals surface area contributed by atoms with Crippen LogP contribution in [-0.2, 0) is 13.1 Å². The molecule has 2 aliphatic rings. The number of hydrogen-bond donors (Lipinski definition) is 1. The Labute approximate surface area is 215 Å². The van der Waals surface area contributed by atoms with Crippen LogP contribution in [0.25, 0.3) is 0 Å². The maximum Gasteiger partial charge on any atom is 0.272 e. The molecule has 7 heteroatoms. The fraction of sp³-hybridized carbons (Fsp3) is 0.429. The van der Waals surface area contributed by atoms with E-state index >= 15 is 4.39 Å². The van der Waals surface area contributed by atoms with Crippen molar-refractivity contribution in [3.8, 4) is 0 Å². The second kappa shape index (κ2) is 9.59. The first-order valence-electron chi connectivity index (χ1n) is 12.3. The Hall–Kier alpha value is -2.37. The number of rotatable bonds is 5. The van der Waals surface area contributed by atoms with Crippen LogP contribution in [0, 0.1) is 18.7 Å². The van der Waals surface area contributed by atoms with Gasteiger partial charge in [0.1, 0.15) is 5.82 Å². The van der Waals surface area contributed by atoms with Crippen molar-refractivity contribution in [2.75, 3.05) is 0 Å². The predicted molar refractivity (Wildman–Crippen MR) is 138 cm³/mol. The molecule has 5 rings (SSSR count). The Kier molecular flexibility index (Phi) is 6.67. The van der Waals surface area contributed by atoms with Gasteiger partial charge in [0.15, 0.2) is 5.69 Å². The number of aryl methyl sites for hydroxylation is 1. The Bertz CT molecular complexity index is 1290. The van der Waals surface area contributed by atoms with Crippen LogP contribution in [0.2, 0.25) is 10.0 Å². The molecule has 0 bridgehead atoms. The van der Waals surface area contributed by atoms with Crippen molar-refractivity contribution in [2.24, 2.45) is 5.92 Å². The van der Waals surface area contributed by atoms with Gasteiger partial charge >= 0.3 is 0 Å². The lowest BCUT2D eigenvalue weighted by Crippen LogP contribution is -2.27. The maximum atomic E-state index is 15.1. The molecule has 1 amide bonds. The molecule has 2 heterocycles. The normalized spacial score (nSPS) is 21.9. The van der Waals surface area contributed by atoms with Crippen LogP contribution in [0.1, 0.15) is 89.3 Å². The van der Waals surface area contributed by atoms with E-state index in [9.17, 15) is 4.79 Å². The van der Waals surface area contributed by atoms with Gasteiger partial charge in [-0.25, -0.2) is 4.39 Å². The number of halogens is 3. The summed E-state index contributed by atoms with van der Waals surface area (Å²) in [6.45, 7) is 7.67. The molecule has 1 aliphatic heterocycles. The molecule has 1 aromatic heterocycles. The van der Waals surface area contributed by atoms with Gasteiger partial charge < -0.3 is 5.32 Å². The fourth-order valence-electron chi connectivity index (χ4n) is 6.15. The number of nitrogens with zero attached hydrogens (tertiary/aromatic N) is 2. The van der Waals surface area contributed by atoms with Crippen LogP contribution in [0.5, 0.6) is 0 Å². The van der Waals surface area contributed by atoms with Crippen LogP contribution < -0.4 is 5.32 Å². The molecule has 0 spiro atoms. The summed E-state index contributed by atoms with van der Waals surface area (Å²) in [6.07, 6.45) is 2.70. The van der Waals surface area contributed by atoms with E-state index in [0.29, 0.717) is 28.7 Å². The van der Waals surface area contributed by atoms with Crippen LogP contribution in [-0.4, -0.2) is 15.7 Å². The van der Waals surface area contributed by atoms with Crippen molar-refractivity contribution in [1.29, 1.82) is 0 Å². The van der Waals surface area contributed by atoms with E-state index in [-0.39, 0.29) is 34.5 Å². The van der Waals surface area contributed by atoms with Crippen molar-refractivity contribution < 1.29 is 9.18 Å². The summed E-state index contributed by atoms with van der Waals surface area (Å²) in [5.74, 6) is 0.385. The second-order valence-electron chi connectivity index (χ2n) is 10.3. The van der Waals surface area contributed by atoms with Gasteiger partial charge in [-0.2, -0.15) is 5.10 Å². The van der Waals surface area contributed by atoms with Gasteiger partial charge in [-0.15, -0.1) is 0 Å². The third-order valence-corrected chi connectivity index (χ3v) is 8.21. The standard InChI is InChI=1S/C28H30Cl2FN3O/c1-15(2)27-23-13-32-28(35)26(23)33-34(27)14-17-7-9-20(21-5-4-6-24(30)25(21)31)22(12-17)19-10-8-18(29)11-16(19)3/h4-6,8,10-11,15,17,20,22H,7,9,12-14H2,1-3H3,(H,32,35). The Balaban J connectivity index is 1.49. The van der Waals surface area contributed by atoms with Gasteiger partial charge in [0, 0.05) is 29.4 Å². The molecule has 1 aliphatic carbocycles. The molecule has 1 fully saturated rings. The van der Waals surface area contributed by atoms with E-state index < -0.39 is 0 Å². The van der Waals surface area contributed by atoms with Crippen LogP contribution in [0.15, 0.2) is 36.4 Å². The smallest absolute Gasteiger partial charge is 0.272 e. The van der Waals surface area contributed by atoms with Crippen molar-refractivity contribution in [2.45, 2.75) is 70.9 Å². The number of hydrogen-bond acceptors (Lipinski definition) is 2. The maximum absolute atomic E-state index is 15.1. The summed E-state index contributed by atoms with van der Waals surface area (Å²) in [6, 6.07) is 11.3. The molecular formula is C28H30Cl2FN3O. The first-order valence-corrected chi connectivity index (χ1v) is 13.1. The molecule has 0 radical (unpaired) electrons. The first-order chi connectivity index (χ1) is 16.7. The Morgan fingerprint density at radius 3 is 2.69 bits per heavy atom. The summed E-state index contributed by atoms with van der Waals surface area (Å²) >= 11 is 12.4. The molecular weight excluding hydrogens is 484 g/mol. The quantitative estimate of drug-likeness (QED) is 0.386. The molecule has 4 nitrogen and oxygen atoms in total. The summed E-state index contributed by atoms with van der Waals surface area (Å²) in [4.78, 5) is 12.3. The van der Waals surface area contributed by atoms with Crippen LogP contribution in [0.4, 0.5) is 4.39 Å². The lowest BCUT2D eigenvalue weighted by atomic mass is 9.67. The Morgan fingerprint density at radius 1 is 1.14 bits per heavy atom. The number of benzene rings is 2. The van der Waals surface area contributed by atoms with E-state index in [1.165, 1.54) is 5.56 Å². The van der Waals surface area contributed by atoms with E-state index in [1.807, 2.05) is 24.3 Å². The highest BCUT2D eigenvalue weighted by atomic mass is 35.5. The molecule has 0 saturated heterocycles. The molecule has 1 N–H and O–H groups in total. The number of nitrogens with one attached hydrogen (secondary N) is 1. The van der Waals surface area contributed by atoms with Crippen LogP contribution in [0.3, 0.4) is 0 Å². The molecule has 3 atom stereocenters. The highest BCUT2D eigenvalue weighted by Gasteiger charge is 2.37. The SMILES string of the molecule is Cc1cc(Cl)ccc1C1CC(Cn2nc3c(c2C(C)C)CNC3=O)CCC1c1cccc(Cl)c1F. The van der Waals surface area contributed by atoms with Gasteiger partial charge in [0.2, 0.25) is 0 Å². The average Bonchev–Trinajstić information content (AvgIpc) is 3.34. The summed E-state index contributed by atoms with van der Waals surface area (Å²) < 4.78 is 17.2. The molecule has 184 valence electrons. The summed E-state index contributed by atoms with van der Waals surface area (Å²) in [5.41, 5.74) is 5.75. The number of amides is 1. The molecule has 2 aromatic carbocycles. The van der Waals surface area contributed by atoms with Crippen molar-refractivity contribution in [3.05, 3.63) is 85.9 Å². The Morgan fingerprint density at radius 2 is 1.94 bits per heavy atom. The van der Waals surface area contributed by atoms with E-state index in [1.54, 1.807) is 6.07 Å². The van der Waals surface area contributed by atoms with E-state index in [0.717, 1.165) is 42.6 Å². The van der Waals surface area contributed by atoms with E-state index in [4.69, 9.17) is 28.3 Å². The zero-order valence-corrected chi connectivity index (χ0v) is 21.8. The van der Waals surface area contributed by atoms with Crippen LogP contribution >= 0.6 is 23.2 Å². The number of aromatic nitrogens is 2. The minimum atomic E-state index is -0.314. The minimum Gasteiger partial charge on any atom is -0.346 e. The van der Waals surface area contributed by atoms with Gasteiger partial charge in [-0.3, -0.25) is 9.48 Å². The van der Waals surface area contributed by atoms with Gasteiger partial charge in [-0.05, 0) is 84.7 Å². The summed E-state index contributed by atoms with van der Waals surface area (Å²) in [5, 5.41) is 8.49. The molecule has 3 aromatic rings. The van der Waals surface area contributed by atoms with Gasteiger partial charge in [0.25, 0.3) is 5.91 Å². The molecule has 3 unspecified atom stereocenters. The molecule has 35 heavy (non-hydrogen) atoms. The third-order valence-electron chi connectivity index (χ3n) is 7.68. The topological polar surface area (TPSA) is 46.9 Å². The predicted octanol–water partition coefficient (Wildman–Crippen LogP) is 7.37. The largest absolute Gasteiger partial charge is 0.346 e. The van der Waals surface area contributed by atoms with Crippen molar-refractivity contribution >= 4 is 29.1 Å². The fourth-order valence-corrected chi connectivity index (χ4v) is 6.56. The lowest BCUT2D eigenvalue weighted by Gasteiger charge is -2.38. The van der Waals surface area contributed by atoms with Gasteiger partial charge in [-0.1, -0.05) is 55.2 Å². The van der Waals surface area contributed by atoms with Gasteiger partial charge in [0.05, 0.1) is 5.02 Å². The number of carbonyl (C=O) groups excluding carboxylic acids is 1. The summed E-state index contributed by atoms with van der Waals surface area (Å²) in [7, 11) is 0. The average molecular weight is 514 g/mol. The zero-order chi connectivity index (χ0) is 24.9. The highest BCUT2D eigenvalue weighted by molar-refractivity contribution is 6.31. The van der Waals surface area contributed by atoms with Crippen molar-refractivity contribution in [3.63, 3.8) is 0 Å².